The number of benzene rings is 1. The maximum Gasteiger partial charge on any atom is 0.205 e. The number of hydrogen-bond acceptors (Lipinski definition) is 5. The van der Waals surface area contributed by atoms with Crippen LogP contribution >= 0.6 is 11.3 Å². The third kappa shape index (κ3) is 3.35. The van der Waals surface area contributed by atoms with E-state index in [1.54, 1.807) is 11.3 Å². The molecule has 2 heterocycles. The minimum atomic E-state index is 0.863. The van der Waals surface area contributed by atoms with E-state index >= 15 is 0 Å². The predicted octanol–water partition coefficient (Wildman–Crippen LogP) is 3.62. The van der Waals surface area contributed by atoms with E-state index in [0.717, 1.165) is 36.2 Å². The second kappa shape index (κ2) is 6.43. The monoisotopic (exact) mass is 302 g/mol. The summed E-state index contributed by atoms with van der Waals surface area (Å²) in [5.74, 6) is 0. The van der Waals surface area contributed by atoms with Crippen LogP contribution in [0.4, 0.5) is 10.8 Å². The first kappa shape index (κ1) is 14.3. The molecular weight excluding hydrogens is 280 g/mol. The molecule has 0 atom stereocenters. The quantitative estimate of drug-likeness (QED) is 0.916. The summed E-state index contributed by atoms with van der Waals surface area (Å²) in [5.41, 5.74) is 4.18. The van der Waals surface area contributed by atoms with Gasteiger partial charge in [0.15, 0.2) is 0 Å². The summed E-state index contributed by atoms with van der Waals surface area (Å²) in [6, 6.07) is 6.77. The van der Waals surface area contributed by atoms with Crippen LogP contribution in [0.25, 0.3) is 0 Å². The molecule has 1 aromatic carbocycles. The number of aromatic nitrogens is 2. The van der Waals surface area contributed by atoms with Gasteiger partial charge in [0.25, 0.3) is 0 Å². The summed E-state index contributed by atoms with van der Waals surface area (Å²) in [6.45, 7) is 7.24. The molecule has 1 aliphatic rings. The maximum atomic E-state index is 4.32. The van der Waals surface area contributed by atoms with Gasteiger partial charge in [-0.3, -0.25) is 0 Å². The molecule has 0 bridgehead atoms. The molecule has 0 saturated carbocycles. The summed E-state index contributed by atoms with van der Waals surface area (Å²) >= 11 is 1.67. The van der Waals surface area contributed by atoms with E-state index in [1.807, 2.05) is 0 Å². The second-order valence-electron chi connectivity index (χ2n) is 5.59. The first-order valence-electron chi connectivity index (χ1n) is 7.67. The van der Waals surface area contributed by atoms with Gasteiger partial charge in [-0.2, -0.15) is 0 Å². The van der Waals surface area contributed by atoms with Crippen molar-refractivity contribution in [2.45, 2.75) is 39.7 Å². The normalized spacial score (nSPS) is 14.1. The van der Waals surface area contributed by atoms with E-state index in [-0.39, 0.29) is 0 Å². The summed E-state index contributed by atoms with van der Waals surface area (Å²) in [7, 11) is 0. The van der Waals surface area contributed by atoms with Crippen LogP contribution < -0.4 is 10.2 Å². The Kier molecular flexibility index (Phi) is 4.39. The van der Waals surface area contributed by atoms with E-state index in [0.29, 0.717) is 0 Å². The maximum absolute atomic E-state index is 4.32. The van der Waals surface area contributed by atoms with Gasteiger partial charge in [-0.1, -0.05) is 36.0 Å². The molecule has 1 aliphatic heterocycles. The highest BCUT2D eigenvalue weighted by Crippen LogP contribution is 2.30. The van der Waals surface area contributed by atoms with E-state index in [2.05, 4.69) is 52.5 Å². The molecule has 0 spiro atoms. The van der Waals surface area contributed by atoms with Crippen molar-refractivity contribution in [3.05, 3.63) is 34.3 Å². The van der Waals surface area contributed by atoms with Gasteiger partial charge in [0.2, 0.25) is 5.13 Å². The molecular formula is C16H22N4S. The zero-order valence-corrected chi connectivity index (χ0v) is 13.5. The van der Waals surface area contributed by atoms with Crippen molar-refractivity contribution in [2.24, 2.45) is 0 Å². The lowest BCUT2D eigenvalue weighted by atomic mass is 10.00. The lowest BCUT2D eigenvalue weighted by molar-refractivity contribution is 0.686. The van der Waals surface area contributed by atoms with Crippen LogP contribution in [0.2, 0.25) is 0 Å². The summed E-state index contributed by atoms with van der Waals surface area (Å²) in [6.07, 6.45) is 3.51. The first-order chi connectivity index (χ1) is 10.3. The average molecular weight is 302 g/mol. The topological polar surface area (TPSA) is 41.1 Å². The summed E-state index contributed by atoms with van der Waals surface area (Å²) in [4.78, 5) is 2.43. The third-order valence-corrected chi connectivity index (χ3v) is 4.63. The molecule has 0 unspecified atom stereocenters. The number of hydrogen-bond donors (Lipinski definition) is 1. The Labute approximate surface area is 130 Å². The molecule has 1 N–H and O–H groups in total. The van der Waals surface area contributed by atoms with Crippen LogP contribution in [0.15, 0.2) is 18.2 Å². The second-order valence-corrected chi connectivity index (χ2v) is 6.65. The average Bonchev–Trinajstić information content (AvgIpc) is 2.92. The Morgan fingerprint density at radius 2 is 2.24 bits per heavy atom. The molecule has 0 amide bonds. The minimum absolute atomic E-state index is 0.863. The molecule has 0 saturated heterocycles. The highest BCUT2D eigenvalue weighted by atomic mass is 32.1. The summed E-state index contributed by atoms with van der Waals surface area (Å²) in [5, 5.41) is 13.9. The fraction of sp³-hybridized carbons (Fsp3) is 0.500. The lowest BCUT2D eigenvalue weighted by Gasteiger charge is -2.30. The van der Waals surface area contributed by atoms with Crippen LogP contribution in [0.5, 0.6) is 0 Å². The van der Waals surface area contributed by atoms with Crippen molar-refractivity contribution in [1.29, 1.82) is 0 Å². The van der Waals surface area contributed by atoms with Crippen LogP contribution in [0.3, 0.4) is 0 Å². The van der Waals surface area contributed by atoms with E-state index in [9.17, 15) is 0 Å². The highest BCUT2D eigenvalue weighted by molar-refractivity contribution is 7.15. The van der Waals surface area contributed by atoms with Gasteiger partial charge in [-0.25, -0.2) is 0 Å². The van der Waals surface area contributed by atoms with Crippen molar-refractivity contribution in [1.82, 2.24) is 10.2 Å². The van der Waals surface area contributed by atoms with Crippen molar-refractivity contribution in [2.75, 3.05) is 23.3 Å². The smallest absolute Gasteiger partial charge is 0.205 e. The predicted molar refractivity (Wildman–Crippen MR) is 89.2 cm³/mol. The molecule has 2 aromatic rings. The van der Waals surface area contributed by atoms with E-state index < -0.39 is 0 Å². The van der Waals surface area contributed by atoms with Crippen LogP contribution in [-0.2, 0) is 13.0 Å². The van der Waals surface area contributed by atoms with Gasteiger partial charge in [0.05, 0.1) is 6.54 Å². The van der Waals surface area contributed by atoms with Gasteiger partial charge < -0.3 is 10.2 Å². The van der Waals surface area contributed by atoms with E-state index in [4.69, 9.17) is 0 Å². The molecule has 5 heteroatoms. The van der Waals surface area contributed by atoms with Crippen LogP contribution in [0.1, 0.15) is 35.9 Å². The molecule has 0 radical (unpaired) electrons. The largest absolute Gasteiger partial charge is 0.364 e. The molecule has 21 heavy (non-hydrogen) atoms. The van der Waals surface area contributed by atoms with Crippen LogP contribution in [-0.4, -0.2) is 23.3 Å². The van der Waals surface area contributed by atoms with E-state index in [1.165, 1.54) is 29.7 Å². The van der Waals surface area contributed by atoms with Crippen molar-refractivity contribution >= 4 is 22.2 Å². The summed E-state index contributed by atoms with van der Waals surface area (Å²) < 4.78 is 0. The fourth-order valence-electron chi connectivity index (χ4n) is 2.75. The molecule has 4 nitrogen and oxygen atoms in total. The molecule has 0 aliphatic carbocycles. The number of nitrogens with one attached hydrogen (secondary N) is 1. The van der Waals surface area contributed by atoms with Crippen molar-refractivity contribution < 1.29 is 0 Å². The zero-order chi connectivity index (χ0) is 14.7. The Balaban J connectivity index is 1.73. The Hall–Kier alpha value is -1.62. The van der Waals surface area contributed by atoms with Crippen LogP contribution in [0, 0.1) is 6.92 Å². The zero-order valence-electron chi connectivity index (χ0n) is 12.7. The lowest BCUT2D eigenvalue weighted by Crippen LogP contribution is -2.28. The molecule has 1 aromatic heterocycles. The van der Waals surface area contributed by atoms with Gasteiger partial charge in [-0.15, -0.1) is 10.2 Å². The Morgan fingerprint density at radius 3 is 3.10 bits per heavy atom. The van der Waals surface area contributed by atoms with Gasteiger partial charge in [0, 0.05) is 18.8 Å². The Morgan fingerprint density at radius 1 is 1.33 bits per heavy atom. The number of nitrogens with zero attached hydrogens (tertiary/aromatic N) is 3. The third-order valence-electron chi connectivity index (χ3n) is 3.77. The molecule has 112 valence electrons. The van der Waals surface area contributed by atoms with Gasteiger partial charge in [-0.05, 0) is 37.8 Å². The number of anilines is 2. The number of aryl methyl sites for hydroxylation is 2. The highest BCUT2D eigenvalue weighted by Gasteiger charge is 2.18. The minimum Gasteiger partial charge on any atom is -0.364 e. The first-order valence-corrected chi connectivity index (χ1v) is 8.48. The van der Waals surface area contributed by atoms with Gasteiger partial charge >= 0.3 is 0 Å². The number of rotatable bonds is 5. The fourth-order valence-corrected chi connectivity index (χ4v) is 3.53. The molecule has 0 fully saturated rings. The Bertz CT molecular complexity index is 608. The SMILES string of the molecule is CCCNc1nnc(CN2CCCc3cc(C)ccc32)s1. The van der Waals surface area contributed by atoms with Crippen molar-refractivity contribution in [3.8, 4) is 0 Å². The molecule has 3 rings (SSSR count). The van der Waals surface area contributed by atoms with Crippen molar-refractivity contribution in [3.63, 3.8) is 0 Å². The standard InChI is InChI=1S/C16H22N4S/c1-3-8-17-16-19-18-15(21-16)11-20-9-4-5-13-10-12(2)6-7-14(13)20/h6-7,10H,3-5,8-9,11H2,1-2H3,(H,17,19). The van der Waals surface area contributed by atoms with Gasteiger partial charge in [0.1, 0.15) is 5.01 Å². The number of fused-ring (bicyclic) bond motifs is 1.